The van der Waals surface area contributed by atoms with Crippen molar-refractivity contribution in [3.8, 4) is 0 Å². The van der Waals surface area contributed by atoms with Crippen molar-refractivity contribution in [3.63, 3.8) is 0 Å². The maximum Gasteiger partial charge on any atom is 0.126 e. The van der Waals surface area contributed by atoms with Gasteiger partial charge in [-0.05, 0) is 6.92 Å². The SMILES string of the molecule is CC.Cc1cn[nH]c1N(C)C. The van der Waals surface area contributed by atoms with E-state index in [0.29, 0.717) is 0 Å². The summed E-state index contributed by atoms with van der Waals surface area (Å²) in [6.07, 6.45) is 1.81. The van der Waals surface area contributed by atoms with Crippen molar-refractivity contribution in [2.45, 2.75) is 20.8 Å². The van der Waals surface area contributed by atoms with Crippen molar-refractivity contribution in [1.82, 2.24) is 10.2 Å². The van der Waals surface area contributed by atoms with E-state index < -0.39 is 0 Å². The maximum atomic E-state index is 3.88. The van der Waals surface area contributed by atoms with Crippen molar-refractivity contribution in [2.75, 3.05) is 19.0 Å². The minimum absolute atomic E-state index is 1.08. The molecule has 0 radical (unpaired) electrons. The summed E-state index contributed by atoms with van der Waals surface area (Å²) < 4.78 is 0. The minimum Gasteiger partial charge on any atom is -0.363 e. The third kappa shape index (κ3) is 2.62. The van der Waals surface area contributed by atoms with E-state index in [0.717, 1.165) is 5.82 Å². The van der Waals surface area contributed by atoms with Crippen LogP contribution in [0.2, 0.25) is 0 Å². The van der Waals surface area contributed by atoms with Crippen LogP contribution in [0.3, 0.4) is 0 Å². The third-order valence-corrected chi connectivity index (χ3v) is 1.25. The zero-order valence-electron chi connectivity index (χ0n) is 7.97. The van der Waals surface area contributed by atoms with Crippen LogP contribution in [-0.4, -0.2) is 24.3 Å². The van der Waals surface area contributed by atoms with E-state index in [1.165, 1.54) is 5.56 Å². The van der Waals surface area contributed by atoms with Crippen molar-refractivity contribution >= 4 is 5.82 Å². The van der Waals surface area contributed by atoms with Gasteiger partial charge in [-0.3, -0.25) is 5.10 Å². The first-order chi connectivity index (χ1) is 5.22. The summed E-state index contributed by atoms with van der Waals surface area (Å²) in [6.45, 7) is 6.03. The Balaban J connectivity index is 0.000000461. The second kappa shape index (κ2) is 4.77. The van der Waals surface area contributed by atoms with Crippen LogP contribution < -0.4 is 4.90 Å². The van der Waals surface area contributed by atoms with Crippen LogP contribution in [-0.2, 0) is 0 Å². The van der Waals surface area contributed by atoms with Gasteiger partial charge in [-0.1, -0.05) is 13.8 Å². The molecule has 0 aliphatic rings. The lowest BCUT2D eigenvalue weighted by molar-refractivity contribution is 1.01. The highest BCUT2D eigenvalue weighted by atomic mass is 15.2. The Morgan fingerprint density at radius 3 is 2.09 bits per heavy atom. The molecule has 1 heterocycles. The number of aromatic amines is 1. The van der Waals surface area contributed by atoms with E-state index in [1.807, 2.05) is 46.0 Å². The van der Waals surface area contributed by atoms with Crippen LogP contribution in [0.25, 0.3) is 0 Å². The van der Waals surface area contributed by atoms with Gasteiger partial charge < -0.3 is 4.90 Å². The molecule has 3 heteroatoms. The van der Waals surface area contributed by atoms with E-state index in [9.17, 15) is 0 Å². The highest BCUT2D eigenvalue weighted by molar-refractivity contribution is 5.42. The lowest BCUT2D eigenvalue weighted by Crippen LogP contribution is -2.09. The van der Waals surface area contributed by atoms with E-state index in [1.54, 1.807) is 0 Å². The van der Waals surface area contributed by atoms with Crippen molar-refractivity contribution in [1.29, 1.82) is 0 Å². The molecule has 1 rings (SSSR count). The second-order valence-corrected chi connectivity index (χ2v) is 2.30. The number of aromatic nitrogens is 2. The fraction of sp³-hybridized carbons (Fsp3) is 0.625. The van der Waals surface area contributed by atoms with Gasteiger partial charge in [-0.2, -0.15) is 5.10 Å². The summed E-state index contributed by atoms with van der Waals surface area (Å²) >= 11 is 0. The van der Waals surface area contributed by atoms with Gasteiger partial charge in [0.15, 0.2) is 0 Å². The van der Waals surface area contributed by atoms with Crippen LogP contribution >= 0.6 is 0 Å². The Morgan fingerprint density at radius 2 is 1.91 bits per heavy atom. The number of rotatable bonds is 1. The van der Waals surface area contributed by atoms with Crippen molar-refractivity contribution in [2.24, 2.45) is 0 Å². The first kappa shape index (κ1) is 10.0. The number of hydrogen-bond acceptors (Lipinski definition) is 2. The fourth-order valence-electron chi connectivity index (χ4n) is 0.792. The van der Waals surface area contributed by atoms with Crippen LogP contribution in [0, 0.1) is 6.92 Å². The molecule has 11 heavy (non-hydrogen) atoms. The van der Waals surface area contributed by atoms with Crippen molar-refractivity contribution < 1.29 is 0 Å². The summed E-state index contributed by atoms with van der Waals surface area (Å²) in [5, 5.41) is 6.76. The average Bonchev–Trinajstić information content (AvgIpc) is 2.39. The van der Waals surface area contributed by atoms with Crippen LogP contribution in [0.5, 0.6) is 0 Å². The van der Waals surface area contributed by atoms with Crippen LogP contribution in [0.15, 0.2) is 6.20 Å². The zero-order valence-corrected chi connectivity index (χ0v) is 7.97. The number of aryl methyl sites for hydroxylation is 1. The number of nitrogens with zero attached hydrogens (tertiary/aromatic N) is 2. The highest BCUT2D eigenvalue weighted by Crippen LogP contribution is 2.10. The molecule has 1 N–H and O–H groups in total. The summed E-state index contributed by atoms with van der Waals surface area (Å²) in [4.78, 5) is 2.00. The second-order valence-electron chi connectivity index (χ2n) is 2.30. The Morgan fingerprint density at radius 1 is 1.36 bits per heavy atom. The van der Waals surface area contributed by atoms with Crippen LogP contribution in [0.1, 0.15) is 19.4 Å². The topological polar surface area (TPSA) is 31.9 Å². The first-order valence-corrected chi connectivity index (χ1v) is 3.89. The molecule has 0 amide bonds. The molecule has 64 valence electrons. The summed E-state index contributed by atoms with van der Waals surface area (Å²) in [5.41, 5.74) is 1.18. The molecule has 0 aromatic carbocycles. The lowest BCUT2D eigenvalue weighted by Gasteiger charge is -2.08. The monoisotopic (exact) mass is 155 g/mol. The average molecular weight is 155 g/mol. The van der Waals surface area contributed by atoms with Gasteiger partial charge in [-0.15, -0.1) is 0 Å². The number of nitrogens with one attached hydrogen (secondary N) is 1. The quantitative estimate of drug-likeness (QED) is 0.670. The molecule has 0 fully saturated rings. The molecule has 0 saturated heterocycles. The molecule has 1 aromatic heterocycles. The molecule has 0 unspecified atom stereocenters. The lowest BCUT2D eigenvalue weighted by atomic mass is 10.4. The molecule has 3 nitrogen and oxygen atoms in total. The maximum absolute atomic E-state index is 3.88. The predicted octanol–water partition coefficient (Wildman–Crippen LogP) is 1.81. The van der Waals surface area contributed by atoms with E-state index in [-0.39, 0.29) is 0 Å². The molecule has 0 aliphatic carbocycles. The minimum atomic E-state index is 1.08. The molecule has 0 saturated carbocycles. The smallest absolute Gasteiger partial charge is 0.126 e. The molecular weight excluding hydrogens is 138 g/mol. The summed E-state index contributed by atoms with van der Waals surface area (Å²) in [6, 6.07) is 0. The Kier molecular flexibility index (Phi) is 4.34. The molecule has 0 spiro atoms. The van der Waals surface area contributed by atoms with E-state index in [4.69, 9.17) is 0 Å². The number of hydrogen-bond donors (Lipinski definition) is 1. The Bertz CT molecular complexity index is 191. The molecular formula is C8H17N3. The molecule has 0 atom stereocenters. The highest BCUT2D eigenvalue weighted by Gasteiger charge is 1.98. The summed E-state index contributed by atoms with van der Waals surface area (Å²) in [5.74, 6) is 1.08. The normalized spacial score (nSPS) is 8.45. The van der Waals surface area contributed by atoms with Gasteiger partial charge >= 0.3 is 0 Å². The van der Waals surface area contributed by atoms with Gasteiger partial charge in [0.25, 0.3) is 0 Å². The third-order valence-electron chi connectivity index (χ3n) is 1.25. The molecule has 0 aliphatic heterocycles. The van der Waals surface area contributed by atoms with Gasteiger partial charge in [0.1, 0.15) is 5.82 Å². The summed E-state index contributed by atoms with van der Waals surface area (Å²) in [7, 11) is 3.97. The van der Waals surface area contributed by atoms with E-state index >= 15 is 0 Å². The van der Waals surface area contributed by atoms with Crippen LogP contribution in [0.4, 0.5) is 5.82 Å². The molecule has 1 aromatic rings. The fourth-order valence-corrected chi connectivity index (χ4v) is 0.792. The number of anilines is 1. The van der Waals surface area contributed by atoms with E-state index in [2.05, 4.69) is 10.2 Å². The predicted molar refractivity (Wildman–Crippen MR) is 49.0 cm³/mol. The molecule has 0 bridgehead atoms. The van der Waals surface area contributed by atoms with Gasteiger partial charge in [0, 0.05) is 19.7 Å². The number of H-pyrrole nitrogens is 1. The van der Waals surface area contributed by atoms with Gasteiger partial charge in [0.05, 0.1) is 6.20 Å². The Labute approximate surface area is 68.4 Å². The van der Waals surface area contributed by atoms with Crippen molar-refractivity contribution in [3.05, 3.63) is 11.8 Å². The zero-order chi connectivity index (χ0) is 8.85. The van der Waals surface area contributed by atoms with Gasteiger partial charge in [0.2, 0.25) is 0 Å². The Hall–Kier alpha value is -0.990. The standard InChI is InChI=1S/C6H11N3.C2H6/c1-5-4-7-8-6(5)9(2)3;1-2/h4H,1-3H3,(H,7,8);1-2H3. The van der Waals surface area contributed by atoms with Gasteiger partial charge in [-0.25, -0.2) is 0 Å². The largest absolute Gasteiger partial charge is 0.363 e. The first-order valence-electron chi connectivity index (χ1n) is 3.89.